The van der Waals surface area contributed by atoms with Crippen molar-refractivity contribution in [3.8, 4) is 0 Å². The Morgan fingerprint density at radius 3 is 2.68 bits per heavy atom. The minimum atomic E-state index is -1.22. The van der Waals surface area contributed by atoms with Gasteiger partial charge in [-0.2, -0.15) is 0 Å². The molecule has 6 nitrogen and oxygen atoms in total. The molecule has 0 heterocycles. The summed E-state index contributed by atoms with van der Waals surface area (Å²) in [6.45, 7) is 3.08. The third-order valence-corrected chi connectivity index (χ3v) is 2.47. The van der Waals surface area contributed by atoms with Crippen LogP contribution in [0.2, 0.25) is 0 Å². The number of nitrogens with two attached hydrogens (primary N) is 1. The van der Waals surface area contributed by atoms with Gasteiger partial charge in [0.25, 0.3) is 0 Å². The first-order valence-corrected chi connectivity index (χ1v) is 5.93. The summed E-state index contributed by atoms with van der Waals surface area (Å²) >= 11 is 0. The molecule has 0 aliphatic rings. The fourth-order valence-corrected chi connectivity index (χ4v) is 1.65. The zero-order valence-corrected chi connectivity index (χ0v) is 10.9. The SMILES string of the molecule is CCOC(=O)[C@H](NC(C)=O)[C@@H](O)c1cccc(N)c1. The van der Waals surface area contributed by atoms with E-state index < -0.39 is 24.0 Å². The summed E-state index contributed by atoms with van der Waals surface area (Å²) in [6, 6.07) is 5.32. The molecule has 19 heavy (non-hydrogen) atoms. The lowest BCUT2D eigenvalue weighted by Gasteiger charge is -2.22. The average molecular weight is 266 g/mol. The number of hydrogen-bond acceptors (Lipinski definition) is 5. The van der Waals surface area contributed by atoms with Gasteiger partial charge in [0.1, 0.15) is 6.10 Å². The summed E-state index contributed by atoms with van der Waals surface area (Å²) in [5.41, 5.74) is 6.51. The van der Waals surface area contributed by atoms with E-state index >= 15 is 0 Å². The second kappa shape index (κ2) is 6.75. The number of aliphatic hydroxyl groups is 1. The Morgan fingerprint density at radius 2 is 2.16 bits per heavy atom. The van der Waals surface area contributed by atoms with Crippen LogP contribution >= 0.6 is 0 Å². The highest BCUT2D eigenvalue weighted by atomic mass is 16.5. The first kappa shape index (κ1) is 15.0. The second-order valence-corrected chi connectivity index (χ2v) is 4.05. The zero-order chi connectivity index (χ0) is 14.4. The van der Waals surface area contributed by atoms with E-state index in [2.05, 4.69) is 5.32 Å². The summed E-state index contributed by atoms with van der Waals surface area (Å²) in [6.07, 6.45) is -1.22. The summed E-state index contributed by atoms with van der Waals surface area (Å²) in [5.74, 6) is -1.12. The number of benzene rings is 1. The third kappa shape index (κ3) is 4.26. The summed E-state index contributed by atoms with van der Waals surface area (Å²) in [5, 5.41) is 12.6. The predicted molar refractivity (Wildman–Crippen MR) is 70.1 cm³/mol. The number of carbonyl (C=O) groups is 2. The van der Waals surface area contributed by atoms with Crippen LogP contribution in [0.4, 0.5) is 5.69 Å². The molecule has 1 amide bonds. The van der Waals surface area contributed by atoms with Crippen LogP contribution in [0.15, 0.2) is 24.3 Å². The minimum absolute atomic E-state index is 0.165. The fourth-order valence-electron chi connectivity index (χ4n) is 1.65. The van der Waals surface area contributed by atoms with Crippen molar-refractivity contribution >= 4 is 17.6 Å². The van der Waals surface area contributed by atoms with Crippen molar-refractivity contribution in [3.63, 3.8) is 0 Å². The molecule has 1 aromatic carbocycles. The van der Waals surface area contributed by atoms with E-state index in [-0.39, 0.29) is 6.61 Å². The van der Waals surface area contributed by atoms with Gasteiger partial charge >= 0.3 is 5.97 Å². The van der Waals surface area contributed by atoms with E-state index in [1.54, 1.807) is 31.2 Å². The highest BCUT2D eigenvalue weighted by Crippen LogP contribution is 2.20. The third-order valence-electron chi connectivity index (χ3n) is 2.47. The first-order valence-electron chi connectivity index (χ1n) is 5.93. The van der Waals surface area contributed by atoms with Gasteiger partial charge < -0.3 is 20.9 Å². The maximum absolute atomic E-state index is 11.8. The largest absolute Gasteiger partial charge is 0.464 e. The standard InChI is InChI=1S/C13H18N2O4/c1-3-19-13(18)11(15-8(2)16)12(17)9-5-4-6-10(14)7-9/h4-7,11-12,17H,3,14H2,1-2H3,(H,15,16)/t11-,12+/m1/s1. The van der Waals surface area contributed by atoms with E-state index in [1.165, 1.54) is 6.92 Å². The summed E-state index contributed by atoms with van der Waals surface area (Å²) < 4.78 is 4.83. The van der Waals surface area contributed by atoms with Crippen LogP contribution in [-0.2, 0) is 14.3 Å². The van der Waals surface area contributed by atoms with E-state index in [4.69, 9.17) is 10.5 Å². The molecule has 0 unspecified atom stereocenters. The van der Waals surface area contributed by atoms with Crippen molar-refractivity contribution in [2.24, 2.45) is 0 Å². The van der Waals surface area contributed by atoms with Gasteiger partial charge in [0.15, 0.2) is 6.04 Å². The van der Waals surface area contributed by atoms with Crippen LogP contribution in [0.3, 0.4) is 0 Å². The van der Waals surface area contributed by atoms with Gasteiger partial charge in [0.2, 0.25) is 5.91 Å². The monoisotopic (exact) mass is 266 g/mol. The number of amides is 1. The molecule has 0 aliphatic carbocycles. The van der Waals surface area contributed by atoms with Crippen LogP contribution in [0.25, 0.3) is 0 Å². The van der Waals surface area contributed by atoms with Gasteiger partial charge in [-0.15, -0.1) is 0 Å². The Kier molecular flexibility index (Phi) is 5.32. The van der Waals surface area contributed by atoms with Gasteiger partial charge in [-0.25, -0.2) is 4.79 Å². The van der Waals surface area contributed by atoms with Crippen molar-refractivity contribution in [2.75, 3.05) is 12.3 Å². The molecule has 0 saturated carbocycles. The number of nitrogen functional groups attached to an aromatic ring is 1. The number of esters is 1. The number of ether oxygens (including phenoxy) is 1. The molecule has 104 valence electrons. The van der Waals surface area contributed by atoms with Gasteiger partial charge in [0.05, 0.1) is 6.61 Å². The fraction of sp³-hybridized carbons (Fsp3) is 0.385. The molecule has 1 aromatic rings. The lowest BCUT2D eigenvalue weighted by atomic mass is 10.0. The number of anilines is 1. The Labute approximate surface area is 111 Å². The Balaban J connectivity index is 2.96. The Morgan fingerprint density at radius 1 is 1.47 bits per heavy atom. The molecule has 1 rings (SSSR count). The molecular formula is C13H18N2O4. The van der Waals surface area contributed by atoms with Gasteiger partial charge in [0, 0.05) is 12.6 Å². The van der Waals surface area contributed by atoms with Gasteiger partial charge in [-0.3, -0.25) is 4.79 Å². The Bertz CT molecular complexity index is 462. The molecular weight excluding hydrogens is 248 g/mol. The van der Waals surface area contributed by atoms with Crippen LogP contribution in [0.1, 0.15) is 25.5 Å². The van der Waals surface area contributed by atoms with Gasteiger partial charge in [-0.1, -0.05) is 12.1 Å². The highest BCUT2D eigenvalue weighted by molar-refractivity contribution is 5.84. The quantitative estimate of drug-likeness (QED) is 0.528. The molecule has 0 radical (unpaired) electrons. The molecule has 0 aromatic heterocycles. The van der Waals surface area contributed by atoms with Crippen molar-refractivity contribution in [1.29, 1.82) is 0 Å². The van der Waals surface area contributed by atoms with Crippen molar-refractivity contribution in [1.82, 2.24) is 5.32 Å². The molecule has 4 N–H and O–H groups in total. The molecule has 0 fully saturated rings. The molecule has 2 atom stereocenters. The number of carbonyl (C=O) groups excluding carboxylic acids is 2. The van der Waals surface area contributed by atoms with E-state index in [0.717, 1.165) is 0 Å². The minimum Gasteiger partial charge on any atom is -0.464 e. The van der Waals surface area contributed by atoms with E-state index in [1.807, 2.05) is 0 Å². The van der Waals surface area contributed by atoms with Crippen LogP contribution in [0, 0.1) is 0 Å². The summed E-state index contributed by atoms with van der Waals surface area (Å²) in [7, 11) is 0. The molecule has 0 spiro atoms. The molecule has 0 saturated heterocycles. The smallest absolute Gasteiger partial charge is 0.331 e. The number of hydrogen-bond donors (Lipinski definition) is 3. The number of aliphatic hydroxyl groups excluding tert-OH is 1. The van der Waals surface area contributed by atoms with E-state index in [0.29, 0.717) is 11.3 Å². The summed E-state index contributed by atoms with van der Waals surface area (Å²) in [4.78, 5) is 22.9. The normalized spacial score (nSPS) is 13.4. The lowest BCUT2D eigenvalue weighted by molar-refractivity contribution is -0.150. The number of rotatable bonds is 5. The first-order chi connectivity index (χ1) is 8.95. The zero-order valence-electron chi connectivity index (χ0n) is 10.9. The molecule has 0 bridgehead atoms. The maximum Gasteiger partial charge on any atom is 0.331 e. The Hall–Kier alpha value is -2.08. The van der Waals surface area contributed by atoms with Gasteiger partial charge in [-0.05, 0) is 24.6 Å². The molecule has 6 heteroatoms. The van der Waals surface area contributed by atoms with Crippen molar-refractivity contribution < 1.29 is 19.4 Å². The topological polar surface area (TPSA) is 102 Å². The maximum atomic E-state index is 11.8. The highest BCUT2D eigenvalue weighted by Gasteiger charge is 2.30. The van der Waals surface area contributed by atoms with Crippen LogP contribution < -0.4 is 11.1 Å². The average Bonchev–Trinajstić information content (AvgIpc) is 2.35. The van der Waals surface area contributed by atoms with Crippen molar-refractivity contribution in [2.45, 2.75) is 26.0 Å². The predicted octanol–water partition coefficient (Wildman–Crippen LogP) is 0.370. The lowest BCUT2D eigenvalue weighted by Crippen LogP contribution is -2.45. The number of nitrogens with one attached hydrogen (secondary N) is 1. The van der Waals surface area contributed by atoms with E-state index in [9.17, 15) is 14.7 Å². The van der Waals surface area contributed by atoms with Crippen LogP contribution in [0.5, 0.6) is 0 Å². The second-order valence-electron chi connectivity index (χ2n) is 4.05. The van der Waals surface area contributed by atoms with Crippen molar-refractivity contribution in [3.05, 3.63) is 29.8 Å². The van der Waals surface area contributed by atoms with Crippen LogP contribution in [-0.4, -0.2) is 29.6 Å². The molecule has 0 aliphatic heterocycles.